The fourth-order valence-corrected chi connectivity index (χ4v) is 3.57. The summed E-state index contributed by atoms with van der Waals surface area (Å²) in [6, 6.07) is 1.99. The molecule has 2 heterocycles. The molecule has 38 heavy (non-hydrogen) atoms. The van der Waals surface area contributed by atoms with Crippen LogP contribution in [0, 0.1) is 5.92 Å². The monoisotopic (exact) mass is 545 g/mol. The van der Waals surface area contributed by atoms with Crippen LogP contribution in [0.4, 0.5) is 5.69 Å². The molecular formula is C24H35N9O4S. The van der Waals surface area contributed by atoms with Crippen LogP contribution in [-0.2, 0) is 23.2 Å². The predicted octanol–water partition coefficient (Wildman–Crippen LogP) is 0.471. The van der Waals surface area contributed by atoms with Gasteiger partial charge >= 0.3 is 0 Å². The predicted molar refractivity (Wildman–Crippen MR) is 149 cm³/mol. The van der Waals surface area contributed by atoms with Gasteiger partial charge in [0.15, 0.2) is 5.11 Å². The second kappa shape index (κ2) is 15.2. The van der Waals surface area contributed by atoms with E-state index < -0.39 is 23.4 Å². The van der Waals surface area contributed by atoms with Crippen LogP contribution < -0.4 is 32.7 Å². The van der Waals surface area contributed by atoms with Crippen LogP contribution in [0.3, 0.4) is 0 Å². The molecule has 0 aromatic carbocycles. The van der Waals surface area contributed by atoms with E-state index >= 15 is 0 Å². The number of pyridine rings is 1. The first-order valence-electron chi connectivity index (χ1n) is 12.3. The van der Waals surface area contributed by atoms with Gasteiger partial charge in [0.2, 0.25) is 11.8 Å². The van der Waals surface area contributed by atoms with E-state index in [1.54, 1.807) is 13.1 Å². The highest BCUT2D eigenvalue weighted by Gasteiger charge is 2.23. The van der Waals surface area contributed by atoms with Crippen LogP contribution in [-0.4, -0.2) is 55.8 Å². The average molecular weight is 546 g/mol. The minimum atomic E-state index is -1.01. The SMILES string of the molecule is CCC(CC)CNC(=O)Cn1cccc(NC(=O)C(CC/C=N\NC(N)=S)NC(=O)c2cncn2C)c1=O. The highest BCUT2D eigenvalue weighted by atomic mass is 32.1. The number of aromatic nitrogens is 3. The zero-order valence-corrected chi connectivity index (χ0v) is 22.6. The summed E-state index contributed by atoms with van der Waals surface area (Å²) in [4.78, 5) is 55.1. The molecule has 2 rings (SSSR count). The van der Waals surface area contributed by atoms with Gasteiger partial charge in [-0.15, -0.1) is 0 Å². The zero-order valence-electron chi connectivity index (χ0n) is 21.8. The van der Waals surface area contributed by atoms with E-state index in [4.69, 9.17) is 5.73 Å². The second-order valence-corrected chi connectivity index (χ2v) is 9.05. The Hall–Kier alpha value is -4.07. The first kappa shape index (κ1) is 30.2. The Morgan fingerprint density at radius 3 is 2.63 bits per heavy atom. The van der Waals surface area contributed by atoms with Crippen LogP contribution >= 0.6 is 12.2 Å². The third-order valence-corrected chi connectivity index (χ3v) is 5.95. The summed E-state index contributed by atoms with van der Waals surface area (Å²) < 4.78 is 2.73. The minimum Gasteiger partial charge on any atom is -0.375 e. The van der Waals surface area contributed by atoms with E-state index in [1.807, 2.05) is 0 Å². The Morgan fingerprint density at radius 2 is 2.00 bits per heavy atom. The fourth-order valence-electron chi connectivity index (χ4n) is 3.51. The number of imidazole rings is 1. The summed E-state index contributed by atoms with van der Waals surface area (Å²) >= 11 is 4.68. The third-order valence-electron chi connectivity index (χ3n) is 5.86. The first-order chi connectivity index (χ1) is 18.2. The van der Waals surface area contributed by atoms with E-state index in [2.05, 4.69) is 57.5 Å². The number of carbonyl (C=O) groups excluding carboxylic acids is 3. The largest absolute Gasteiger partial charge is 0.375 e. The molecule has 0 radical (unpaired) electrons. The lowest BCUT2D eigenvalue weighted by molar-refractivity contribution is -0.122. The summed E-state index contributed by atoms with van der Waals surface area (Å²) in [6.07, 6.45) is 8.12. The van der Waals surface area contributed by atoms with Gasteiger partial charge in [-0.3, -0.25) is 24.6 Å². The topological polar surface area (TPSA) is 178 Å². The highest BCUT2D eigenvalue weighted by molar-refractivity contribution is 7.80. The summed E-state index contributed by atoms with van der Waals surface area (Å²) in [5, 5.41) is 11.9. The maximum absolute atomic E-state index is 13.1. The lowest BCUT2D eigenvalue weighted by Crippen LogP contribution is -2.45. The van der Waals surface area contributed by atoms with Crippen molar-refractivity contribution in [3.63, 3.8) is 0 Å². The maximum Gasteiger partial charge on any atom is 0.274 e. The quantitative estimate of drug-likeness (QED) is 0.129. The van der Waals surface area contributed by atoms with Gasteiger partial charge in [-0.25, -0.2) is 4.98 Å². The summed E-state index contributed by atoms with van der Waals surface area (Å²) in [5.41, 5.74) is 7.43. The van der Waals surface area contributed by atoms with Crippen molar-refractivity contribution in [1.82, 2.24) is 30.2 Å². The standard InChI is InChI=1S/C24H35N9O4S/c1-4-16(5-2)12-27-20(34)14-33-11-7-9-18(23(33)37)30-21(35)17(8-6-10-28-31-24(25)38)29-22(36)19-13-26-15-32(19)3/h7,9-11,13,15-17H,4-6,8,12,14H2,1-3H3,(H,27,34)(H,29,36)(H,30,35)(H3,25,31,38)/b28-10-. The van der Waals surface area contributed by atoms with Gasteiger partial charge in [-0.1, -0.05) is 26.7 Å². The van der Waals surface area contributed by atoms with Gasteiger partial charge in [0.25, 0.3) is 11.5 Å². The normalized spacial score (nSPS) is 11.8. The smallest absolute Gasteiger partial charge is 0.274 e. The van der Waals surface area contributed by atoms with E-state index in [1.165, 1.54) is 40.1 Å². The lowest BCUT2D eigenvalue weighted by atomic mass is 10.0. The van der Waals surface area contributed by atoms with E-state index in [0.29, 0.717) is 12.5 Å². The number of nitrogens with one attached hydrogen (secondary N) is 4. The van der Waals surface area contributed by atoms with Crippen molar-refractivity contribution in [3.8, 4) is 0 Å². The molecule has 0 fully saturated rings. The van der Waals surface area contributed by atoms with Crippen molar-refractivity contribution in [2.24, 2.45) is 23.8 Å². The number of aryl methyl sites for hydroxylation is 1. The zero-order chi connectivity index (χ0) is 28.1. The molecule has 2 aromatic heterocycles. The van der Waals surface area contributed by atoms with Crippen LogP contribution in [0.15, 0.2) is 40.7 Å². The van der Waals surface area contributed by atoms with Crippen molar-refractivity contribution >= 4 is 47.0 Å². The van der Waals surface area contributed by atoms with Crippen molar-refractivity contribution < 1.29 is 14.4 Å². The summed E-state index contributed by atoms with van der Waals surface area (Å²) in [6.45, 7) is 4.46. The van der Waals surface area contributed by atoms with Gasteiger partial charge in [0, 0.05) is 26.0 Å². The molecule has 13 nitrogen and oxygen atoms in total. The Labute approximate surface area is 226 Å². The van der Waals surface area contributed by atoms with Crippen LogP contribution in [0.25, 0.3) is 0 Å². The van der Waals surface area contributed by atoms with Gasteiger partial charge in [-0.2, -0.15) is 5.10 Å². The molecule has 1 atom stereocenters. The Balaban J connectivity index is 2.12. The number of hydrogen-bond acceptors (Lipinski definition) is 7. The maximum atomic E-state index is 13.1. The Bertz CT molecular complexity index is 1200. The molecule has 0 saturated heterocycles. The van der Waals surface area contributed by atoms with Gasteiger partial charge in [0.1, 0.15) is 24.0 Å². The molecule has 0 bridgehead atoms. The molecule has 6 N–H and O–H groups in total. The molecular weight excluding hydrogens is 510 g/mol. The Kier molecular flexibility index (Phi) is 12.1. The van der Waals surface area contributed by atoms with Gasteiger partial charge in [0.05, 0.1) is 12.5 Å². The second-order valence-electron chi connectivity index (χ2n) is 8.61. The number of nitrogens with two attached hydrogens (primary N) is 1. The van der Waals surface area contributed by atoms with Gasteiger partial charge in [-0.05, 0) is 43.1 Å². The van der Waals surface area contributed by atoms with Crippen LogP contribution in [0.1, 0.15) is 50.0 Å². The number of thiocarbonyl (C=S) groups is 1. The average Bonchev–Trinajstić information content (AvgIpc) is 3.31. The third kappa shape index (κ3) is 9.42. The molecule has 3 amide bonds. The van der Waals surface area contributed by atoms with Crippen molar-refractivity contribution in [2.75, 3.05) is 11.9 Å². The van der Waals surface area contributed by atoms with Crippen molar-refractivity contribution in [3.05, 3.63) is 46.9 Å². The molecule has 0 aliphatic heterocycles. The first-order valence-corrected chi connectivity index (χ1v) is 12.7. The minimum absolute atomic E-state index is 0.00960. The molecule has 2 aromatic rings. The van der Waals surface area contributed by atoms with E-state index in [-0.39, 0.29) is 41.8 Å². The summed E-state index contributed by atoms with van der Waals surface area (Å²) in [5.74, 6) is -1.05. The van der Waals surface area contributed by atoms with Crippen molar-refractivity contribution in [1.29, 1.82) is 0 Å². The van der Waals surface area contributed by atoms with E-state index in [9.17, 15) is 19.2 Å². The van der Waals surface area contributed by atoms with Crippen LogP contribution in [0.2, 0.25) is 0 Å². The number of carbonyl (C=O) groups is 3. The molecule has 0 spiro atoms. The number of amides is 3. The highest BCUT2D eigenvalue weighted by Crippen LogP contribution is 2.07. The Morgan fingerprint density at radius 1 is 1.26 bits per heavy atom. The molecule has 0 aliphatic rings. The number of rotatable bonds is 14. The molecule has 14 heteroatoms. The number of anilines is 1. The molecule has 1 unspecified atom stereocenters. The fraction of sp³-hybridized carbons (Fsp3) is 0.458. The number of nitrogens with zero attached hydrogens (tertiary/aromatic N) is 4. The lowest BCUT2D eigenvalue weighted by Gasteiger charge is -2.18. The summed E-state index contributed by atoms with van der Waals surface area (Å²) in [7, 11) is 1.65. The molecule has 206 valence electrons. The van der Waals surface area contributed by atoms with E-state index in [0.717, 1.165) is 12.8 Å². The van der Waals surface area contributed by atoms with Gasteiger partial charge < -0.3 is 30.8 Å². The van der Waals surface area contributed by atoms with Crippen LogP contribution in [0.5, 0.6) is 0 Å². The molecule has 0 saturated carbocycles. The van der Waals surface area contributed by atoms with Crippen molar-refractivity contribution in [2.45, 2.75) is 52.1 Å². The number of hydrazone groups is 1. The number of hydrogen-bond donors (Lipinski definition) is 5. The molecule has 0 aliphatic carbocycles.